The highest BCUT2D eigenvalue weighted by atomic mass is 79.9. The molecule has 0 radical (unpaired) electrons. The van der Waals surface area contributed by atoms with Crippen molar-refractivity contribution in [3.05, 3.63) is 95.2 Å². The standard InChI is InChI=1S/C26H22BrFN4O5/c1-2-12-36-20-9-7-19(8-10-20)30-25(34)26(35)32-29-15-17-4-3-5-21(13-17)37-16-24(33)31-23-11-6-18(27)14-22(23)28/h2-11,13-15H,1,12,16H2,(H,30,34)(H,31,33)(H,32,35)/b29-15-. The molecule has 0 heterocycles. The van der Waals surface area contributed by atoms with Gasteiger partial charge in [-0.05, 0) is 60.2 Å². The number of carbonyl (C=O) groups is 3. The van der Waals surface area contributed by atoms with Crippen LogP contribution < -0.4 is 25.5 Å². The lowest BCUT2D eigenvalue weighted by atomic mass is 10.2. The molecule has 3 N–H and O–H groups in total. The highest BCUT2D eigenvalue weighted by Crippen LogP contribution is 2.19. The lowest BCUT2D eigenvalue weighted by Gasteiger charge is -2.09. The Morgan fingerprint density at radius 2 is 1.73 bits per heavy atom. The van der Waals surface area contributed by atoms with Crippen LogP contribution >= 0.6 is 15.9 Å². The Labute approximate surface area is 220 Å². The van der Waals surface area contributed by atoms with E-state index >= 15 is 0 Å². The zero-order valence-electron chi connectivity index (χ0n) is 19.4. The number of nitrogens with zero attached hydrogens (tertiary/aromatic N) is 1. The summed E-state index contributed by atoms with van der Waals surface area (Å²) in [5, 5.41) is 8.64. The van der Waals surface area contributed by atoms with Crippen molar-refractivity contribution in [3.63, 3.8) is 0 Å². The van der Waals surface area contributed by atoms with Crippen LogP contribution in [0.1, 0.15) is 5.56 Å². The Kier molecular flexibility index (Phi) is 9.91. The quantitative estimate of drug-likeness (QED) is 0.146. The first-order chi connectivity index (χ1) is 17.8. The van der Waals surface area contributed by atoms with Gasteiger partial charge in [-0.2, -0.15) is 5.10 Å². The molecule has 0 aromatic heterocycles. The molecule has 0 aliphatic rings. The van der Waals surface area contributed by atoms with E-state index in [0.717, 1.165) is 0 Å². The fourth-order valence-corrected chi connectivity index (χ4v) is 3.14. The molecule has 0 spiro atoms. The molecule has 0 bridgehead atoms. The number of amides is 3. The normalized spacial score (nSPS) is 10.4. The van der Waals surface area contributed by atoms with Gasteiger partial charge in [0.25, 0.3) is 5.91 Å². The maximum absolute atomic E-state index is 13.9. The van der Waals surface area contributed by atoms with Crippen molar-refractivity contribution in [3.8, 4) is 11.5 Å². The Bertz CT molecular complexity index is 1310. The Balaban J connectivity index is 1.46. The van der Waals surface area contributed by atoms with Crippen LogP contribution in [0.15, 0.2) is 89.0 Å². The van der Waals surface area contributed by atoms with E-state index in [1.165, 1.54) is 18.3 Å². The van der Waals surface area contributed by atoms with Crippen molar-refractivity contribution in [2.75, 3.05) is 23.8 Å². The van der Waals surface area contributed by atoms with E-state index in [0.29, 0.717) is 33.8 Å². The second kappa shape index (κ2) is 13.5. The molecule has 190 valence electrons. The van der Waals surface area contributed by atoms with Gasteiger partial charge >= 0.3 is 11.8 Å². The third-order valence-electron chi connectivity index (χ3n) is 4.50. The summed E-state index contributed by atoms with van der Waals surface area (Å²) in [6, 6.07) is 17.3. The summed E-state index contributed by atoms with van der Waals surface area (Å²) < 4.78 is 25.2. The van der Waals surface area contributed by atoms with Gasteiger partial charge in [0.1, 0.15) is 23.9 Å². The highest BCUT2D eigenvalue weighted by molar-refractivity contribution is 9.10. The van der Waals surface area contributed by atoms with Gasteiger partial charge in [-0.25, -0.2) is 9.82 Å². The molecule has 3 aromatic rings. The molecule has 0 atom stereocenters. The molecule has 0 unspecified atom stereocenters. The molecule has 3 aromatic carbocycles. The number of rotatable bonds is 10. The second-order valence-corrected chi connectivity index (χ2v) is 8.23. The third-order valence-corrected chi connectivity index (χ3v) is 4.99. The molecule has 0 fully saturated rings. The number of anilines is 2. The van der Waals surface area contributed by atoms with Crippen LogP contribution in [0.3, 0.4) is 0 Å². The number of halogens is 2. The van der Waals surface area contributed by atoms with Gasteiger partial charge in [-0.1, -0.05) is 40.7 Å². The van der Waals surface area contributed by atoms with E-state index in [4.69, 9.17) is 9.47 Å². The fourth-order valence-electron chi connectivity index (χ4n) is 2.80. The predicted molar refractivity (Wildman–Crippen MR) is 141 cm³/mol. The van der Waals surface area contributed by atoms with Crippen LogP contribution in [0.25, 0.3) is 0 Å². The molecule has 3 amide bonds. The van der Waals surface area contributed by atoms with Gasteiger partial charge < -0.3 is 20.1 Å². The minimum absolute atomic E-state index is 0.0343. The Morgan fingerprint density at radius 3 is 2.46 bits per heavy atom. The zero-order valence-corrected chi connectivity index (χ0v) is 21.0. The van der Waals surface area contributed by atoms with Crippen molar-refractivity contribution >= 4 is 51.2 Å². The van der Waals surface area contributed by atoms with Gasteiger partial charge in [0, 0.05) is 10.2 Å². The van der Waals surface area contributed by atoms with Crippen molar-refractivity contribution < 1.29 is 28.2 Å². The average Bonchev–Trinajstić information content (AvgIpc) is 2.89. The monoisotopic (exact) mass is 568 g/mol. The van der Waals surface area contributed by atoms with Gasteiger partial charge in [0.2, 0.25) is 0 Å². The van der Waals surface area contributed by atoms with Gasteiger partial charge in [-0.3, -0.25) is 14.4 Å². The summed E-state index contributed by atoms with van der Waals surface area (Å²) in [4.78, 5) is 36.1. The largest absolute Gasteiger partial charge is 0.490 e. The topological polar surface area (TPSA) is 118 Å². The van der Waals surface area contributed by atoms with Crippen LogP contribution in [-0.4, -0.2) is 37.1 Å². The molecular weight excluding hydrogens is 547 g/mol. The molecule has 0 saturated carbocycles. The van der Waals surface area contributed by atoms with E-state index in [-0.39, 0.29) is 12.3 Å². The summed E-state index contributed by atoms with van der Waals surface area (Å²) in [6.07, 6.45) is 2.92. The van der Waals surface area contributed by atoms with Gasteiger partial charge in [0.05, 0.1) is 11.9 Å². The third kappa shape index (κ3) is 8.89. The van der Waals surface area contributed by atoms with Crippen LogP contribution in [-0.2, 0) is 14.4 Å². The minimum Gasteiger partial charge on any atom is -0.490 e. The predicted octanol–water partition coefficient (Wildman–Crippen LogP) is 4.26. The maximum Gasteiger partial charge on any atom is 0.329 e. The summed E-state index contributed by atoms with van der Waals surface area (Å²) in [5.74, 6) is -2.05. The summed E-state index contributed by atoms with van der Waals surface area (Å²) in [6.45, 7) is 3.56. The van der Waals surface area contributed by atoms with Crippen LogP contribution in [0.2, 0.25) is 0 Å². The number of hydrogen-bond acceptors (Lipinski definition) is 6. The van der Waals surface area contributed by atoms with Crippen molar-refractivity contribution in [1.82, 2.24) is 5.43 Å². The van der Waals surface area contributed by atoms with Crippen LogP contribution in [0.4, 0.5) is 15.8 Å². The van der Waals surface area contributed by atoms with Crippen molar-refractivity contribution in [1.29, 1.82) is 0 Å². The molecule has 9 nitrogen and oxygen atoms in total. The van der Waals surface area contributed by atoms with E-state index in [2.05, 4.69) is 43.7 Å². The molecule has 3 rings (SSSR count). The van der Waals surface area contributed by atoms with Crippen LogP contribution in [0.5, 0.6) is 11.5 Å². The first-order valence-corrected chi connectivity index (χ1v) is 11.6. The zero-order chi connectivity index (χ0) is 26.6. The molecular formula is C26H22BrFN4O5. The van der Waals surface area contributed by atoms with E-state index in [1.807, 2.05) is 0 Å². The molecule has 0 saturated heterocycles. The van der Waals surface area contributed by atoms with E-state index in [9.17, 15) is 18.8 Å². The number of hydrogen-bond donors (Lipinski definition) is 3. The Hall–Kier alpha value is -4.51. The lowest BCUT2D eigenvalue weighted by molar-refractivity contribution is -0.136. The summed E-state index contributed by atoms with van der Waals surface area (Å²) >= 11 is 3.15. The number of carbonyl (C=O) groups excluding carboxylic acids is 3. The highest BCUT2D eigenvalue weighted by Gasteiger charge is 2.13. The van der Waals surface area contributed by atoms with Gasteiger partial charge in [0.15, 0.2) is 6.61 Å². The minimum atomic E-state index is -0.965. The molecule has 0 aliphatic heterocycles. The van der Waals surface area contributed by atoms with Crippen molar-refractivity contribution in [2.24, 2.45) is 5.10 Å². The number of hydrazone groups is 1. The Morgan fingerprint density at radius 1 is 0.946 bits per heavy atom. The van der Waals surface area contributed by atoms with Crippen molar-refractivity contribution in [2.45, 2.75) is 0 Å². The summed E-state index contributed by atoms with van der Waals surface area (Å²) in [7, 11) is 0. The number of nitrogens with one attached hydrogen (secondary N) is 3. The smallest absolute Gasteiger partial charge is 0.329 e. The van der Waals surface area contributed by atoms with Gasteiger partial charge in [-0.15, -0.1) is 0 Å². The van der Waals surface area contributed by atoms with Crippen LogP contribution in [0, 0.1) is 5.82 Å². The number of ether oxygens (including phenoxy) is 2. The van der Waals surface area contributed by atoms with E-state index in [1.54, 1.807) is 60.7 Å². The fraction of sp³-hybridized carbons (Fsp3) is 0.0769. The van der Waals surface area contributed by atoms with E-state index < -0.39 is 23.5 Å². The molecule has 11 heteroatoms. The first kappa shape index (κ1) is 27.1. The SMILES string of the molecule is C=CCOc1ccc(NC(=O)C(=O)N/N=C\c2cccc(OCC(=O)Nc3ccc(Br)cc3F)c2)cc1. The second-order valence-electron chi connectivity index (χ2n) is 7.31. The lowest BCUT2D eigenvalue weighted by Crippen LogP contribution is -2.32. The number of benzene rings is 3. The summed E-state index contributed by atoms with van der Waals surface area (Å²) in [5.41, 5.74) is 3.11. The maximum atomic E-state index is 13.9. The molecule has 0 aliphatic carbocycles. The first-order valence-electron chi connectivity index (χ1n) is 10.8. The molecule has 37 heavy (non-hydrogen) atoms. The average molecular weight is 569 g/mol.